The Kier molecular flexibility index (Phi) is 12.5. The predicted octanol–water partition coefficient (Wildman–Crippen LogP) is 2.57. The smallest absolute Gasteiger partial charge is 0.191 e. The number of likely N-dealkylation sites (N-methyl/N-ethyl adjacent to an activating group) is 1. The molecule has 6 nitrogen and oxygen atoms in total. The number of hydrogen-bond acceptors (Lipinski definition) is 4. The van der Waals surface area contributed by atoms with E-state index in [1.54, 1.807) is 0 Å². The average molecular weight is 503 g/mol. The maximum atomic E-state index is 6.01. The van der Waals surface area contributed by atoms with Crippen molar-refractivity contribution in [2.24, 2.45) is 4.99 Å². The summed E-state index contributed by atoms with van der Waals surface area (Å²) in [5.41, 5.74) is 1.16. The molecule has 1 unspecified atom stereocenters. The fourth-order valence-corrected chi connectivity index (χ4v) is 3.24. The Morgan fingerprint density at radius 3 is 2.71 bits per heavy atom. The first-order valence-corrected chi connectivity index (χ1v) is 10.2. The van der Waals surface area contributed by atoms with Gasteiger partial charge in [-0.05, 0) is 65.0 Å². The van der Waals surface area contributed by atoms with Crippen LogP contribution in [0.2, 0.25) is 0 Å². The van der Waals surface area contributed by atoms with Crippen molar-refractivity contribution in [2.45, 2.75) is 32.8 Å². The van der Waals surface area contributed by atoms with E-state index in [0.29, 0.717) is 6.54 Å². The maximum absolute atomic E-state index is 6.01. The second kappa shape index (κ2) is 14.0. The monoisotopic (exact) mass is 503 g/mol. The zero-order valence-corrected chi connectivity index (χ0v) is 20.2. The van der Waals surface area contributed by atoms with Crippen LogP contribution in [0.5, 0.6) is 5.75 Å². The van der Waals surface area contributed by atoms with Crippen LogP contribution in [0.1, 0.15) is 25.3 Å². The molecular formula is C21H38IN5O. The van der Waals surface area contributed by atoms with Gasteiger partial charge in [-0.15, -0.1) is 24.0 Å². The molecule has 1 saturated heterocycles. The van der Waals surface area contributed by atoms with E-state index in [1.807, 2.05) is 25.2 Å². The zero-order valence-electron chi connectivity index (χ0n) is 17.9. The van der Waals surface area contributed by atoms with Crippen LogP contribution in [0.25, 0.3) is 0 Å². The predicted molar refractivity (Wildman–Crippen MR) is 129 cm³/mol. The molecule has 160 valence electrons. The van der Waals surface area contributed by atoms with Gasteiger partial charge in [0.2, 0.25) is 0 Å². The van der Waals surface area contributed by atoms with Crippen LogP contribution >= 0.6 is 24.0 Å². The summed E-state index contributed by atoms with van der Waals surface area (Å²) in [6.07, 6.45) is 2.46. The maximum Gasteiger partial charge on any atom is 0.191 e. The largest absolute Gasteiger partial charge is 0.489 e. The van der Waals surface area contributed by atoms with Gasteiger partial charge in [0.15, 0.2) is 5.96 Å². The normalized spacial score (nSPS) is 17.4. The summed E-state index contributed by atoms with van der Waals surface area (Å²) in [6, 6.07) is 8.11. The number of rotatable bonds is 8. The first kappa shape index (κ1) is 25.0. The van der Waals surface area contributed by atoms with Crippen molar-refractivity contribution in [2.75, 3.05) is 59.9 Å². The molecule has 1 aromatic rings. The van der Waals surface area contributed by atoms with Crippen LogP contribution in [0.3, 0.4) is 0 Å². The van der Waals surface area contributed by atoms with Gasteiger partial charge in [-0.3, -0.25) is 4.99 Å². The molecule has 28 heavy (non-hydrogen) atoms. The molecular weight excluding hydrogens is 465 g/mol. The third-order valence-electron chi connectivity index (χ3n) is 4.96. The highest BCUT2D eigenvalue weighted by atomic mass is 127. The Bertz CT molecular complexity index is 584. The van der Waals surface area contributed by atoms with E-state index in [2.05, 4.69) is 52.4 Å². The van der Waals surface area contributed by atoms with Crippen molar-refractivity contribution >= 4 is 29.9 Å². The van der Waals surface area contributed by atoms with Crippen molar-refractivity contribution in [1.82, 2.24) is 20.4 Å². The molecule has 1 heterocycles. The SMILES string of the molecule is CN=C(NCCCN1CCCN(C)CC1)NCC(C)Oc1ccccc1C.I. The van der Waals surface area contributed by atoms with Crippen molar-refractivity contribution in [1.29, 1.82) is 0 Å². The van der Waals surface area contributed by atoms with Crippen molar-refractivity contribution < 1.29 is 4.74 Å². The Labute approximate surface area is 188 Å². The molecule has 2 rings (SSSR count). The summed E-state index contributed by atoms with van der Waals surface area (Å²) in [5.74, 6) is 1.78. The third-order valence-corrected chi connectivity index (χ3v) is 4.96. The second-order valence-corrected chi connectivity index (χ2v) is 7.43. The molecule has 0 aliphatic carbocycles. The molecule has 2 N–H and O–H groups in total. The van der Waals surface area contributed by atoms with Gasteiger partial charge in [0.1, 0.15) is 11.9 Å². The molecule has 0 bridgehead atoms. The van der Waals surface area contributed by atoms with Crippen LogP contribution in [0.15, 0.2) is 29.3 Å². The summed E-state index contributed by atoms with van der Waals surface area (Å²) in [7, 11) is 4.03. The first-order chi connectivity index (χ1) is 13.1. The fourth-order valence-electron chi connectivity index (χ4n) is 3.24. The van der Waals surface area contributed by atoms with E-state index in [0.717, 1.165) is 36.8 Å². The van der Waals surface area contributed by atoms with E-state index in [9.17, 15) is 0 Å². The van der Waals surface area contributed by atoms with Gasteiger partial charge in [0.05, 0.1) is 6.54 Å². The van der Waals surface area contributed by atoms with Crippen LogP contribution in [0.4, 0.5) is 0 Å². The summed E-state index contributed by atoms with van der Waals surface area (Å²) in [6.45, 7) is 11.7. The van der Waals surface area contributed by atoms with Gasteiger partial charge < -0.3 is 25.2 Å². The number of benzene rings is 1. The minimum absolute atomic E-state index is 0. The molecule has 1 aromatic carbocycles. The quantitative estimate of drug-likeness (QED) is 0.247. The second-order valence-electron chi connectivity index (χ2n) is 7.43. The molecule has 1 aliphatic rings. The molecule has 0 saturated carbocycles. The molecule has 1 atom stereocenters. The number of nitrogens with one attached hydrogen (secondary N) is 2. The Morgan fingerprint density at radius 2 is 1.96 bits per heavy atom. The summed E-state index contributed by atoms with van der Waals surface area (Å²) >= 11 is 0. The van der Waals surface area contributed by atoms with E-state index in [1.165, 1.54) is 32.6 Å². The number of hydrogen-bond donors (Lipinski definition) is 2. The zero-order chi connectivity index (χ0) is 19.5. The number of halogens is 1. The molecule has 7 heteroatoms. The highest BCUT2D eigenvalue weighted by Crippen LogP contribution is 2.17. The van der Waals surface area contributed by atoms with Crippen molar-refractivity contribution in [3.8, 4) is 5.75 Å². The van der Waals surface area contributed by atoms with Crippen molar-refractivity contribution in [3.63, 3.8) is 0 Å². The number of guanidine groups is 1. The lowest BCUT2D eigenvalue weighted by atomic mass is 10.2. The van der Waals surface area contributed by atoms with Gasteiger partial charge in [-0.1, -0.05) is 18.2 Å². The standard InChI is InChI=1S/C21H37N5O.HI/c1-18-9-5-6-10-20(18)27-19(2)17-24-21(22-3)23-11-7-13-26-14-8-12-25(4)15-16-26;/h5-6,9-10,19H,7-8,11-17H2,1-4H3,(H2,22,23,24);1H. The Hall–Kier alpha value is -1.06. The Balaban J connectivity index is 0.00000392. The fraction of sp³-hybridized carbons (Fsp3) is 0.667. The highest BCUT2D eigenvalue weighted by molar-refractivity contribution is 14.0. The van der Waals surface area contributed by atoms with Gasteiger partial charge in [0.25, 0.3) is 0 Å². The minimum atomic E-state index is 0. The Morgan fingerprint density at radius 1 is 1.18 bits per heavy atom. The summed E-state index contributed by atoms with van der Waals surface area (Å²) in [5, 5.41) is 6.77. The lowest BCUT2D eigenvalue weighted by molar-refractivity contribution is 0.222. The molecule has 0 radical (unpaired) electrons. The summed E-state index contributed by atoms with van der Waals surface area (Å²) < 4.78 is 6.01. The van der Waals surface area contributed by atoms with Gasteiger partial charge in [0, 0.05) is 26.7 Å². The molecule has 0 amide bonds. The number of aryl methyl sites for hydroxylation is 1. The molecule has 0 spiro atoms. The lowest BCUT2D eigenvalue weighted by Crippen LogP contribution is -2.42. The topological polar surface area (TPSA) is 52.1 Å². The van der Waals surface area contributed by atoms with Crippen LogP contribution in [0, 0.1) is 6.92 Å². The number of aliphatic imine (C=N–C) groups is 1. The van der Waals surface area contributed by atoms with Gasteiger partial charge in [-0.2, -0.15) is 0 Å². The number of para-hydroxylation sites is 1. The number of ether oxygens (including phenoxy) is 1. The van der Waals surface area contributed by atoms with Gasteiger partial charge >= 0.3 is 0 Å². The van der Waals surface area contributed by atoms with Crippen LogP contribution in [-0.2, 0) is 0 Å². The number of nitrogens with zero attached hydrogens (tertiary/aromatic N) is 3. The van der Waals surface area contributed by atoms with Crippen LogP contribution in [-0.4, -0.2) is 81.8 Å². The molecule has 1 aliphatic heterocycles. The molecule has 0 aromatic heterocycles. The van der Waals surface area contributed by atoms with Crippen molar-refractivity contribution in [3.05, 3.63) is 29.8 Å². The van der Waals surface area contributed by atoms with E-state index in [-0.39, 0.29) is 30.1 Å². The molecule has 1 fully saturated rings. The van der Waals surface area contributed by atoms with Gasteiger partial charge in [-0.25, -0.2) is 0 Å². The minimum Gasteiger partial charge on any atom is -0.489 e. The third kappa shape index (κ3) is 9.43. The first-order valence-electron chi connectivity index (χ1n) is 10.2. The highest BCUT2D eigenvalue weighted by Gasteiger charge is 2.11. The average Bonchev–Trinajstić information content (AvgIpc) is 2.87. The van der Waals surface area contributed by atoms with Crippen LogP contribution < -0.4 is 15.4 Å². The summed E-state index contributed by atoms with van der Waals surface area (Å²) in [4.78, 5) is 9.30. The lowest BCUT2D eigenvalue weighted by Gasteiger charge is -2.21. The van der Waals surface area contributed by atoms with E-state index >= 15 is 0 Å². The van der Waals surface area contributed by atoms with E-state index in [4.69, 9.17) is 4.74 Å². The van der Waals surface area contributed by atoms with E-state index < -0.39 is 0 Å².